The van der Waals surface area contributed by atoms with Gasteiger partial charge in [0.05, 0.1) is 12.5 Å². The van der Waals surface area contributed by atoms with Crippen LogP contribution in [0.1, 0.15) is 44.1 Å². The SMILES string of the molecule is CC[C@@H](C(=O)N1CCC[C@](COc2ccc(Cl)cc2)(CC(=O)N2CCN(C)CC2)C1)c1ccccc1. The van der Waals surface area contributed by atoms with E-state index in [1.54, 1.807) is 12.1 Å². The first-order valence-corrected chi connectivity index (χ1v) is 13.5. The largest absolute Gasteiger partial charge is 0.493 e. The molecule has 2 amide bonds. The standard InChI is InChI=1S/C29H38ClN3O3/c1-3-26(23-8-5-4-6-9-23)28(35)33-15-7-14-29(21-33,22-36-25-12-10-24(30)11-13-25)20-27(34)32-18-16-31(2)17-19-32/h4-6,8-13,26H,3,7,14-22H2,1-2H3/t26-,29+/m1/s1. The number of carbonyl (C=O) groups is 2. The Bertz CT molecular complexity index is 1010. The van der Waals surface area contributed by atoms with E-state index in [9.17, 15) is 9.59 Å². The van der Waals surface area contributed by atoms with Gasteiger partial charge in [-0.25, -0.2) is 0 Å². The third kappa shape index (κ3) is 6.60. The molecular weight excluding hydrogens is 474 g/mol. The van der Waals surface area contributed by atoms with Crippen molar-refractivity contribution >= 4 is 23.4 Å². The van der Waals surface area contributed by atoms with Crippen LogP contribution in [0, 0.1) is 5.41 Å². The van der Waals surface area contributed by atoms with Crippen LogP contribution in [0.4, 0.5) is 0 Å². The van der Waals surface area contributed by atoms with Crippen molar-refractivity contribution in [3.63, 3.8) is 0 Å². The lowest BCUT2D eigenvalue weighted by atomic mass is 9.76. The summed E-state index contributed by atoms with van der Waals surface area (Å²) in [6.45, 7) is 6.97. The molecule has 2 heterocycles. The van der Waals surface area contributed by atoms with E-state index in [0.29, 0.717) is 31.1 Å². The van der Waals surface area contributed by atoms with Gasteiger partial charge in [0.15, 0.2) is 0 Å². The Morgan fingerprint density at radius 3 is 2.33 bits per heavy atom. The Hall–Kier alpha value is -2.57. The van der Waals surface area contributed by atoms with Gasteiger partial charge in [0.2, 0.25) is 11.8 Å². The summed E-state index contributed by atoms with van der Waals surface area (Å²) in [7, 11) is 2.09. The fourth-order valence-corrected chi connectivity index (χ4v) is 5.55. The minimum atomic E-state index is -0.428. The first-order valence-electron chi connectivity index (χ1n) is 13.1. The number of nitrogens with zero attached hydrogens (tertiary/aromatic N) is 3. The van der Waals surface area contributed by atoms with Crippen molar-refractivity contribution in [2.24, 2.45) is 5.41 Å². The van der Waals surface area contributed by atoms with Crippen molar-refractivity contribution in [2.75, 3.05) is 52.9 Å². The number of hydrogen-bond acceptors (Lipinski definition) is 4. The van der Waals surface area contributed by atoms with Crippen LogP contribution in [0.2, 0.25) is 5.02 Å². The number of halogens is 1. The van der Waals surface area contributed by atoms with E-state index >= 15 is 0 Å². The van der Waals surface area contributed by atoms with Crippen molar-refractivity contribution < 1.29 is 14.3 Å². The molecule has 0 bridgehead atoms. The van der Waals surface area contributed by atoms with Gasteiger partial charge in [-0.1, -0.05) is 48.9 Å². The first-order chi connectivity index (χ1) is 17.4. The molecule has 0 unspecified atom stereocenters. The van der Waals surface area contributed by atoms with Crippen LogP contribution >= 0.6 is 11.6 Å². The van der Waals surface area contributed by atoms with Crippen LogP contribution in [-0.4, -0.2) is 79.4 Å². The summed E-state index contributed by atoms with van der Waals surface area (Å²) in [6, 6.07) is 17.3. The second-order valence-electron chi connectivity index (χ2n) is 10.3. The van der Waals surface area contributed by atoms with Crippen LogP contribution in [-0.2, 0) is 9.59 Å². The van der Waals surface area contributed by atoms with E-state index in [-0.39, 0.29) is 17.7 Å². The van der Waals surface area contributed by atoms with Crippen LogP contribution in [0.5, 0.6) is 5.75 Å². The number of amides is 2. The fraction of sp³-hybridized carbons (Fsp3) is 0.517. The third-order valence-electron chi connectivity index (χ3n) is 7.62. The van der Waals surface area contributed by atoms with Gasteiger partial charge in [0.25, 0.3) is 0 Å². The van der Waals surface area contributed by atoms with Gasteiger partial charge in [-0.05, 0) is 56.1 Å². The summed E-state index contributed by atoms with van der Waals surface area (Å²) < 4.78 is 6.23. The molecule has 2 saturated heterocycles. The molecule has 2 aliphatic rings. The lowest BCUT2D eigenvalue weighted by Crippen LogP contribution is -2.53. The van der Waals surface area contributed by atoms with Crippen LogP contribution in [0.15, 0.2) is 54.6 Å². The molecule has 2 aromatic rings. The molecule has 0 aliphatic carbocycles. The zero-order valence-corrected chi connectivity index (χ0v) is 22.3. The minimum absolute atomic E-state index is 0.145. The smallest absolute Gasteiger partial charge is 0.230 e. The second kappa shape index (κ2) is 12.1. The molecule has 0 saturated carbocycles. The highest BCUT2D eigenvalue weighted by atomic mass is 35.5. The predicted octanol–water partition coefficient (Wildman–Crippen LogP) is 4.69. The van der Waals surface area contributed by atoms with E-state index in [2.05, 4.69) is 18.9 Å². The van der Waals surface area contributed by atoms with E-state index in [1.165, 1.54) is 0 Å². The van der Waals surface area contributed by atoms with E-state index in [4.69, 9.17) is 16.3 Å². The summed E-state index contributed by atoms with van der Waals surface area (Å²) in [4.78, 5) is 33.4. The summed E-state index contributed by atoms with van der Waals surface area (Å²) in [5, 5.41) is 0.656. The Labute approximate surface area is 220 Å². The molecule has 2 atom stereocenters. The predicted molar refractivity (Wildman–Crippen MR) is 143 cm³/mol. The number of benzene rings is 2. The van der Waals surface area contributed by atoms with Gasteiger partial charge in [-0.15, -0.1) is 0 Å². The van der Waals surface area contributed by atoms with Crippen molar-refractivity contribution in [3.8, 4) is 5.75 Å². The lowest BCUT2D eigenvalue weighted by Gasteiger charge is -2.44. The van der Waals surface area contributed by atoms with Crippen molar-refractivity contribution in [1.29, 1.82) is 0 Å². The van der Waals surface area contributed by atoms with Crippen LogP contribution in [0.25, 0.3) is 0 Å². The maximum Gasteiger partial charge on any atom is 0.230 e. The van der Waals surface area contributed by atoms with Crippen molar-refractivity contribution in [2.45, 2.75) is 38.5 Å². The van der Waals surface area contributed by atoms with E-state index in [0.717, 1.165) is 56.8 Å². The highest BCUT2D eigenvalue weighted by Crippen LogP contribution is 2.37. The first kappa shape index (κ1) is 26.5. The molecule has 194 valence electrons. The Morgan fingerprint density at radius 2 is 1.67 bits per heavy atom. The van der Waals surface area contributed by atoms with Gasteiger partial charge in [-0.2, -0.15) is 0 Å². The third-order valence-corrected chi connectivity index (χ3v) is 7.87. The topological polar surface area (TPSA) is 53.1 Å². The molecule has 36 heavy (non-hydrogen) atoms. The Morgan fingerprint density at radius 1 is 0.972 bits per heavy atom. The number of likely N-dealkylation sites (N-methyl/N-ethyl adjacent to an activating group) is 1. The molecule has 2 aromatic carbocycles. The molecule has 6 nitrogen and oxygen atoms in total. The van der Waals surface area contributed by atoms with Crippen molar-refractivity contribution in [1.82, 2.24) is 14.7 Å². The highest BCUT2D eigenvalue weighted by Gasteiger charge is 2.42. The summed E-state index contributed by atoms with van der Waals surface area (Å²) in [5.41, 5.74) is 0.621. The molecule has 2 aliphatic heterocycles. The quantitative estimate of drug-likeness (QED) is 0.516. The minimum Gasteiger partial charge on any atom is -0.493 e. The second-order valence-corrected chi connectivity index (χ2v) is 10.8. The van der Waals surface area contributed by atoms with Gasteiger partial charge >= 0.3 is 0 Å². The van der Waals surface area contributed by atoms with E-state index in [1.807, 2.05) is 52.3 Å². The highest BCUT2D eigenvalue weighted by molar-refractivity contribution is 6.30. The molecule has 2 fully saturated rings. The molecular formula is C29H38ClN3O3. The molecule has 7 heteroatoms. The average Bonchev–Trinajstić information content (AvgIpc) is 2.90. The molecule has 0 radical (unpaired) electrons. The molecule has 0 N–H and O–H groups in total. The molecule has 0 spiro atoms. The normalized spacial score (nSPS) is 21.8. The summed E-state index contributed by atoms with van der Waals surface area (Å²) in [6.07, 6.45) is 2.84. The maximum absolute atomic E-state index is 13.7. The summed E-state index contributed by atoms with van der Waals surface area (Å²) >= 11 is 6.05. The number of carbonyl (C=O) groups excluding carboxylic acids is 2. The molecule has 0 aromatic heterocycles. The molecule has 4 rings (SSSR count). The van der Waals surface area contributed by atoms with Crippen LogP contribution < -0.4 is 4.74 Å². The Balaban J connectivity index is 1.52. The van der Waals surface area contributed by atoms with E-state index < -0.39 is 5.41 Å². The van der Waals surface area contributed by atoms with Crippen molar-refractivity contribution in [3.05, 3.63) is 65.2 Å². The monoisotopic (exact) mass is 511 g/mol. The number of hydrogen-bond donors (Lipinski definition) is 0. The van der Waals surface area contributed by atoms with Gasteiger partial charge < -0.3 is 19.4 Å². The van der Waals surface area contributed by atoms with Crippen LogP contribution in [0.3, 0.4) is 0 Å². The zero-order valence-electron chi connectivity index (χ0n) is 21.5. The lowest BCUT2D eigenvalue weighted by molar-refractivity contribution is -0.143. The average molecular weight is 512 g/mol. The van der Waals surface area contributed by atoms with Gasteiger partial charge in [0, 0.05) is 56.1 Å². The number of piperidine rings is 1. The number of rotatable bonds is 8. The number of likely N-dealkylation sites (tertiary alicyclic amines) is 1. The number of piperazine rings is 1. The number of ether oxygens (including phenoxy) is 1. The Kier molecular flexibility index (Phi) is 8.91. The van der Waals surface area contributed by atoms with Gasteiger partial charge in [0.1, 0.15) is 5.75 Å². The maximum atomic E-state index is 13.7. The zero-order chi connectivity index (χ0) is 25.5. The fourth-order valence-electron chi connectivity index (χ4n) is 5.42. The van der Waals surface area contributed by atoms with Gasteiger partial charge in [-0.3, -0.25) is 9.59 Å². The summed E-state index contributed by atoms with van der Waals surface area (Å²) in [5.74, 6) is 0.857.